The van der Waals surface area contributed by atoms with Crippen LogP contribution in [-0.4, -0.2) is 52.8 Å². The Morgan fingerprint density at radius 3 is 2.62 bits per heavy atom. The number of rotatable bonds is 4. The molecule has 0 aliphatic carbocycles. The molecule has 0 amide bonds. The third-order valence-corrected chi connectivity index (χ3v) is 6.76. The summed E-state index contributed by atoms with van der Waals surface area (Å²) in [6.45, 7) is 9.40. The zero-order chi connectivity index (χ0) is 19.8. The molecule has 0 atom stereocenters. The largest absolute Gasteiger partial charge is 0.354 e. The molecule has 0 unspecified atom stereocenters. The molecular weight excluding hydrogens is 378 g/mol. The van der Waals surface area contributed by atoms with Gasteiger partial charge in [-0.3, -0.25) is 9.89 Å². The maximum Gasteiger partial charge on any atom is 0.132 e. The Bertz CT molecular complexity index is 1030. The van der Waals surface area contributed by atoms with Crippen molar-refractivity contribution in [2.45, 2.75) is 26.4 Å². The first-order valence-electron chi connectivity index (χ1n) is 10.2. The van der Waals surface area contributed by atoms with Gasteiger partial charge in [0.2, 0.25) is 0 Å². The molecule has 2 aliphatic rings. The summed E-state index contributed by atoms with van der Waals surface area (Å²) in [6.07, 6.45) is 1.68. The normalized spacial score (nSPS) is 16.9. The fraction of sp³-hybridized carbons (Fsp3) is 0.348. The van der Waals surface area contributed by atoms with Gasteiger partial charge in [0.25, 0.3) is 0 Å². The third kappa shape index (κ3) is 3.58. The van der Waals surface area contributed by atoms with E-state index in [9.17, 15) is 0 Å². The average molecular weight is 404 g/mol. The van der Waals surface area contributed by atoms with Gasteiger partial charge in [-0.2, -0.15) is 0 Å². The maximum atomic E-state index is 4.82. The van der Waals surface area contributed by atoms with E-state index < -0.39 is 0 Å². The van der Waals surface area contributed by atoms with Crippen LogP contribution in [0.25, 0.3) is 10.4 Å². The number of fused-ring (bicyclic) bond motifs is 1. The number of piperazine rings is 1. The molecule has 2 aromatic heterocycles. The molecule has 0 saturated carbocycles. The van der Waals surface area contributed by atoms with Crippen LogP contribution < -0.4 is 4.90 Å². The monoisotopic (exact) mass is 403 g/mol. The van der Waals surface area contributed by atoms with Crippen molar-refractivity contribution in [3.05, 3.63) is 64.9 Å². The molecule has 5 nitrogen and oxygen atoms in total. The summed E-state index contributed by atoms with van der Waals surface area (Å²) in [5.41, 5.74) is 5.62. The van der Waals surface area contributed by atoms with Gasteiger partial charge in [-0.05, 0) is 42.5 Å². The van der Waals surface area contributed by atoms with E-state index in [2.05, 4.69) is 75.4 Å². The van der Waals surface area contributed by atoms with E-state index in [-0.39, 0.29) is 0 Å². The zero-order valence-electron chi connectivity index (χ0n) is 16.9. The van der Waals surface area contributed by atoms with Crippen LogP contribution in [0, 0.1) is 0 Å². The molecule has 1 saturated heterocycles. The van der Waals surface area contributed by atoms with E-state index in [1.807, 2.05) is 0 Å². The lowest BCUT2D eigenvalue weighted by molar-refractivity contribution is 0.209. The van der Waals surface area contributed by atoms with Crippen molar-refractivity contribution in [3.63, 3.8) is 0 Å². The highest BCUT2D eigenvalue weighted by Gasteiger charge is 2.23. The summed E-state index contributed by atoms with van der Waals surface area (Å²) in [5.74, 6) is 1.00. The molecule has 3 aromatic rings. The Morgan fingerprint density at radius 1 is 1.00 bits per heavy atom. The molecule has 0 bridgehead atoms. The molecule has 6 heteroatoms. The van der Waals surface area contributed by atoms with Crippen LogP contribution in [0.4, 0.5) is 5.82 Å². The molecule has 1 fully saturated rings. The first-order valence-corrected chi connectivity index (χ1v) is 11.1. The third-order valence-electron chi connectivity index (χ3n) is 5.84. The van der Waals surface area contributed by atoms with Gasteiger partial charge in [0.15, 0.2) is 0 Å². The lowest BCUT2D eigenvalue weighted by Gasteiger charge is -2.37. The summed E-state index contributed by atoms with van der Waals surface area (Å²) in [4.78, 5) is 20.1. The Hall–Kier alpha value is -2.57. The number of benzene rings is 1. The highest BCUT2D eigenvalue weighted by molar-refractivity contribution is 7.13. The van der Waals surface area contributed by atoms with Gasteiger partial charge in [-0.1, -0.05) is 18.2 Å². The van der Waals surface area contributed by atoms with Crippen LogP contribution in [0.15, 0.2) is 53.1 Å². The number of hydrogen-bond donors (Lipinski definition) is 0. The number of thiophene rings is 1. The maximum absolute atomic E-state index is 4.82. The van der Waals surface area contributed by atoms with E-state index >= 15 is 0 Å². The highest BCUT2D eigenvalue weighted by Crippen LogP contribution is 2.31. The van der Waals surface area contributed by atoms with Crippen molar-refractivity contribution < 1.29 is 0 Å². The second-order valence-corrected chi connectivity index (χ2v) is 8.84. The quantitative estimate of drug-likeness (QED) is 0.658. The highest BCUT2D eigenvalue weighted by atomic mass is 32.1. The summed E-state index contributed by atoms with van der Waals surface area (Å²) in [6, 6.07) is 13.6. The Labute approximate surface area is 175 Å². The van der Waals surface area contributed by atoms with E-state index in [0.29, 0.717) is 6.04 Å². The summed E-state index contributed by atoms with van der Waals surface area (Å²) < 4.78 is 0. The predicted molar refractivity (Wildman–Crippen MR) is 120 cm³/mol. The SMILES string of the molecule is CC(C)N1CCN(c2cc(C3=NCc4ccc(-c5cccs5)cc43)ncn2)CC1. The van der Waals surface area contributed by atoms with Crippen LogP contribution in [0.2, 0.25) is 0 Å². The number of anilines is 1. The molecule has 0 N–H and O–H groups in total. The molecule has 1 aromatic carbocycles. The first-order chi connectivity index (χ1) is 14.2. The van der Waals surface area contributed by atoms with Crippen molar-refractivity contribution in [1.82, 2.24) is 14.9 Å². The van der Waals surface area contributed by atoms with E-state index in [0.717, 1.165) is 49.9 Å². The fourth-order valence-corrected chi connectivity index (χ4v) is 4.84. The van der Waals surface area contributed by atoms with Crippen molar-refractivity contribution in [2.24, 2.45) is 4.99 Å². The van der Waals surface area contributed by atoms with Crippen LogP contribution in [0.1, 0.15) is 30.7 Å². The van der Waals surface area contributed by atoms with E-state index in [4.69, 9.17) is 4.99 Å². The standard InChI is InChI=1S/C23H25N5S/c1-16(2)27-7-9-28(10-8-27)22-13-20(25-15-26-22)23-19-12-17(21-4-3-11-29-21)5-6-18(19)14-24-23/h3-6,11-13,15-16H,7-10,14H2,1-2H3. The summed E-state index contributed by atoms with van der Waals surface area (Å²) in [7, 11) is 0. The minimum Gasteiger partial charge on any atom is -0.354 e. The second kappa shape index (κ2) is 7.69. The number of aromatic nitrogens is 2. The lowest BCUT2D eigenvalue weighted by Crippen LogP contribution is -2.49. The van der Waals surface area contributed by atoms with Gasteiger partial charge >= 0.3 is 0 Å². The minimum absolute atomic E-state index is 0.597. The molecule has 148 valence electrons. The van der Waals surface area contributed by atoms with Gasteiger partial charge in [-0.25, -0.2) is 9.97 Å². The van der Waals surface area contributed by atoms with Gasteiger partial charge in [0.05, 0.1) is 18.0 Å². The Balaban J connectivity index is 1.41. The molecular formula is C23H25N5S. The average Bonchev–Trinajstić information content (AvgIpc) is 3.43. The molecule has 2 aliphatic heterocycles. The van der Waals surface area contributed by atoms with Crippen LogP contribution in [-0.2, 0) is 6.54 Å². The van der Waals surface area contributed by atoms with E-state index in [1.54, 1.807) is 17.7 Å². The zero-order valence-corrected chi connectivity index (χ0v) is 17.7. The predicted octanol–water partition coefficient (Wildman–Crippen LogP) is 4.09. The van der Waals surface area contributed by atoms with Crippen molar-refractivity contribution >= 4 is 22.9 Å². The number of nitrogens with zero attached hydrogens (tertiary/aromatic N) is 5. The van der Waals surface area contributed by atoms with Crippen molar-refractivity contribution in [1.29, 1.82) is 0 Å². The van der Waals surface area contributed by atoms with Gasteiger partial charge in [-0.15, -0.1) is 11.3 Å². The molecule has 4 heterocycles. The van der Waals surface area contributed by atoms with Crippen LogP contribution >= 0.6 is 11.3 Å². The summed E-state index contributed by atoms with van der Waals surface area (Å²) in [5, 5.41) is 2.12. The minimum atomic E-state index is 0.597. The molecule has 5 rings (SSSR count). The molecule has 29 heavy (non-hydrogen) atoms. The summed E-state index contributed by atoms with van der Waals surface area (Å²) >= 11 is 1.77. The Morgan fingerprint density at radius 2 is 1.86 bits per heavy atom. The lowest BCUT2D eigenvalue weighted by atomic mass is 10.00. The van der Waals surface area contributed by atoms with Crippen LogP contribution in [0.5, 0.6) is 0 Å². The fourth-order valence-electron chi connectivity index (χ4n) is 4.12. The number of hydrogen-bond acceptors (Lipinski definition) is 6. The molecule has 0 radical (unpaired) electrons. The van der Waals surface area contributed by atoms with Crippen LogP contribution in [0.3, 0.4) is 0 Å². The number of aliphatic imine (C=N–C) groups is 1. The van der Waals surface area contributed by atoms with Gasteiger partial charge in [0.1, 0.15) is 12.1 Å². The topological polar surface area (TPSA) is 44.6 Å². The van der Waals surface area contributed by atoms with Crippen molar-refractivity contribution in [3.8, 4) is 10.4 Å². The second-order valence-electron chi connectivity index (χ2n) is 7.89. The first kappa shape index (κ1) is 18.5. The Kier molecular flexibility index (Phi) is 4.89. The van der Waals surface area contributed by atoms with Gasteiger partial charge in [0, 0.05) is 48.7 Å². The van der Waals surface area contributed by atoms with Gasteiger partial charge < -0.3 is 4.90 Å². The van der Waals surface area contributed by atoms with E-state index in [1.165, 1.54) is 21.6 Å². The smallest absolute Gasteiger partial charge is 0.132 e. The molecule has 0 spiro atoms. The van der Waals surface area contributed by atoms with Crippen molar-refractivity contribution in [2.75, 3.05) is 31.1 Å².